The summed E-state index contributed by atoms with van der Waals surface area (Å²) in [5.74, 6) is -0.397. The first kappa shape index (κ1) is 22.6. The van der Waals surface area contributed by atoms with E-state index in [1.807, 2.05) is 0 Å². The number of piperidine rings is 1. The Hall–Kier alpha value is -1.06. The Morgan fingerprint density at radius 3 is 2.72 bits per heavy atom. The molecule has 1 unspecified atom stereocenters. The summed E-state index contributed by atoms with van der Waals surface area (Å²) in [5, 5.41) is -1.69. The highest BCUT2D eigenvalue weighted by atomic mass is 79.9. The summed E-state index contributed by atoms with van der Waals surface area (Å²) in [6, 6.07) is 4.06. The van der Waals surface area contributed by atoms with E-state index in [1.165, 1.54) is 0 Å². The summed E-state index contributed by atoms with van der Waals surface area (Å²) in [7, 11) is -1.86. The molecule has 2 fully saturated rings. The summed E-state index contributed by atoms with van der Waals surface area (Å²) in [6.45, 7) is 5.79. The quantitative estimate of drug-likeness (QED) is 0.652. The van der Waals surface area contributed by atoms with Gasteiger partial charge in [-0.05, 0) is 80.4 Å². The van der Waals surface area contributed by atoms with Gasteiger partial charge in [0.2, 0.25) is 0 Å². The lowest BCUT2D eigenvalue weighted by molar-refractivity contribution is 0.00587. The van der Waals surface area contributed by atoms with Crippen LogP contribution in [-0.2, 0) is 22.1 Å². The first-order chi connectivity index (χ1) is 13.5. The Morgan fingerprint density at radius 1 is 1.41 bits per heavy atom. The minimum atomic E-state index is -1.86. The smallest absolute Gasteiger partial charge is 0.410 e. The van der Waals surface area contributed by atoms with Gasteiger partial charge in [0.25, 0.3) is 0 Å². The number of hydrogen-bond acceptors (Lipinski definition) is 3. The first-order valence-corrected chi connectivity index (χ1v) is 11.7. The lowest BCUT2D eigenvalue weighted by Crippen LogP contribution is -2.58. The van der Waals surface area contributed by atoms with Gasteiger partial charge in [-0.1, -0.05) is 12.1 Å². The number of halogens is 3. The van der Waals surface area contributed by atoms with Crippen molar-refractivity contribution in [3.8, 4) is 0 Å². The van der Waals surface area contributed by atoms with Gasteiger partial charge in [0, 0.05) is 12.6 Å². The number of likely N-dealkylation sites (tertiary alicyclic amines) is 1. The van der Waals surface area contributed by atoms with Gasteiger partial charge >= 0.3 is 6.09 Å². The van der Waals surface area contributed by atoms with Crippen LogP contribution in [0.15, 0.2) is 22.7 Å². The number of carbonyl (C=O) groups excluding carboxylic acids is 1. The summed E-state index contributed by atoms with van der Waals surface area (Å²) in [4.78, 5) is 14.4. The third kappa shape index (κ3) is 5.55. The second-order valence-electron chi connectivity index (χ2n) is 8.68. The van der Waals surface area contributed by atoms with Crippen molar-refractivity contribution in [2.24, 2.45) is 0 Å². The summed E-state index contributed by atoms with van der Waals surface area (Å²) < 4.78 is 50.1. The van der Waals surface area contributed by atoms with Gasteiger partial charge in [0.1, 0.15) is 22.4 Å². The molecule has 1 N–H and O–H groups in total. The summed E-state index contributed by atoms with van der Waals surface area (Å²) in [5.41, 5.74) is -0.248. The topological polar surface area (TPSA) is 58.6 Å². The number of nitrogens with zero attached hydrogens (tertiary/aromatic N) is 1. The van der Waals surface area contributed by atoms with Gasteiger partial charge in [0.05, 0.1) is 10.5 Å². The number of nitrogens with one attached hydrogen (secondary N) is 1. The van der Waals surface area contributed by atoms with Crippen molar-refractivity contribution in [1.29, 1.82) is 0 Å². The predicted octanol–water partition coefficient (Wildman–Crippen LogP) is 4.61. The van der Waals surface area contributed by atoms with E-state index in [9.17, 15) is 17.8 Å². The van der Waals surface area contributed by atoms with E-state index in [2.05, 4.69) is 20.7 Å². The van der Waals surface area contributed by atoms with Crippen LogP contribution in [0.2, 0.25) is 0 Å². The Kier molecular flexibility index (Phi) is 6.70. The molecule has 3 rings (SSSR count). The van der Waals surface area contributed by atoms with Crippen molar-refractivity contribution in [2.45, 2.75) is 75.6 Å². The number of ether oxygens (including phenoxy) is 1. The molecule has 1 saturated carbocycles. The van der Waals surface area contributed by atoms with Crippen LogP contribution in [0.4, 0.5) is 13.6 Å². The maximum Gasteiger partial charge on any atom is 0.410 e. The third-order valence-electron chi connectivity index (χ3n) is 5.10. The van der Waals surface area contributed by atoms with Crippen LogP contribution in [0, 0.1) is 5.82 Å². The largest absolute Gasteiger partial charge is 0.444 e. The molecule has 0 spiro atoms. The van der Waals surface area contributed by atoms with E-state index in [4.69, 9.17) is 4.74 Å². The Bertz CT molecular complexity index is 798. The maximum atomic E-state index is 14.6. The van der Waals surface area contributed by atoms with Crippen LogP contribution in [0.3, 0.4) is 0 Å². The molecule has 29 heavy (non-hydrogen) atoms. The second kappa shape index (κ2) is 8.59. The van der Waals surface area contributed by atoms with E-state index < -0.39 is 45.6 Å². The molecular weight excluding hydrogens is 466 g/mol. The van der Waals surface area contributed by atoms with Crippen molar-refractivity contribution in [3.05, 3.63) is 34.1 Å². The fourth-order valence-corrected chi connectivity index (χ4v) is 5.09. The maximum absolute atomic E-state index is 14.6. The molecule has 9 heteroatoms. The molecule has 1 amide bonds. The van der Waals surface area contributed by atoms with Gasteiger partial charge in [-0.25, -0.2) is 22.5 Å². The molecule has 5 nitrogen and oxygen atoms in total. The van der Waals surface area contributed by atoms with E-state index in [0.717, 1.165) is 0 Å². The van der Waals surface area contributed by atoms with Crippen LogP contribution in [0.25, 0.3) is 0 Å². The van der Waals surface area contributed by atoms with Gasteiger partial charge < -0.3 is 9.64 Å². The fraction of sp³-hybridized carbons (Fsp3) is 0.650. The van der Waals surface area contributed by atoms with Crippen molar-refractivity contribution < 1.29 is 22.5 Å². The minimum absolute atomic E-state index is 0.207. The normalized spacial score (nSPS) is 24.8. The van der Waals surface area contributed by atoms with Crippen LogP contribution >= 0.6 is 15.9 Å². The summed E-state index contributed by atoms with van der Waals surface area (Å²) >= 11 is 3.19. The zero-order chi connectivity index (χ0) is 21.4. The molecule has 1 saturated heterocycles. The molecule has 0 radical (unpaired) electrons. The number of rotatable bonds is 5. The summed E-state index contributed by atoms with van der Waals surface area (Å²) in [6.07, 6.45) is 1.50. The standard InChI is InChI=1S/C20H27BrF2N2O3S/c1-19(2,3)28-18(26)25-11-5-8-15(24-29(27)20(23)9-10-20)16(25)12-13-6-4-7-14(21)17(13)22/h4,6-7,15-16,24H,5,8-12H2,1-3H3/t15-,16-,29?/m0/s1. The first-order valence-electron chi connectivity index (χ1n) is 9.80. The van der Waals surface area contributed by atoms with Crippen LogP contribution < -0.4 is 4.72 Å². The van der Waals surface area contributed by atoms with E-state index >= 15 is 0 Å². The lowest BCUT2D eigenvalue weighted by Gasteiger charge is -2.42. The van der Waals surface area contributed by atoms with E-state index in [-0.39, 0.29) is 19.3 Å². The van der Waals surface area contributed by atoms with Crippen molar-refractivity contribution in [1.82, 2.24) is 9.62 Å². The zero-order valence-corrected chi connectivity index (χ0v) is 19.2. The average Bonchev–Trinajstić information content (AvgIpc) is 3.37. The molecule has 1 aromatic carbocycles. The van der Waals surface area contributed by atoms with Gasteiger partial charge in [-0.15, -0.1) is 0 Å². The van der Waals surface area contributed by atoms with Gasteiger partial charge in [0.15, 0.2) is 5.00 Å². The van der Waals surface area contributed by atoms with E-state index in [0.29, 0.717) is 29.4 Å². The predicted molar refractivity (Wildman–Crippen MR) is 112 cm³/mol. The van der Waals surface area contributed by atoms with Crippen molar-refractivity contribution >= 4 is 33.0 Å². The van der Waals surface area contributed by atoms with Crippen LogP contribution in [0.5, 0.6) is 0 Å². The molecule has 1 aliphatic heterocycles. The molecular formula is C20H27BrF2N2O3S. The second-order valence-corrected chi connectivity index (χ2v) is 11.0. The molecule has 1 aromatic rings. The minimum Gasteiger partial charge on any atom is -0.444 e. The number of amides is 1. The molecule has 162 valence electrons. The number of benzene rings is 1. The Morgan fingerprint density at radius 2 is 2.10 bits per heavy atom. The fourth-order valence-electron chi connectivity index (χ4n) is 3.45. The zero-order valence-electron chi connectivity index (χ0n) is 16.8. The number of carbonyl (C=O) groups is 1. The number of hydrogen-bond donors (Lipinski definition) is 1. The molecule has 1 heterocycles. The molecule has 0 aromatic heterocycles. The average molecular weight is 493 g/mol. The van der Waals surface area contributed by atoms with Crippen LogP contribution in [-0.4, -0.2) is 44.4 Å². The van der Waals surface area contributed by atoms with E-state index in [1.54, 1.807) is 43.9 Å². The van der Waals surface area contributed by atoms with Crippen molar-refractivity contribution in [2.75, 3.05) is 6.54 Å². The molecule has 1 aliphatic carbocycles. The molecule has 0 bridgehead atoms. The van der Waals surface area contributed by atoms with Gasteiger partial charge in [-0.2, -0.15) is 0 Å². The molecule has 2 aliphatic rings. The lowest BCUT2D eigenvalue weighted by atomic mass is 9.91. The SMILES string of the molecule is CC(C)(C)OC(=O)N1CCC[C@H](NS(=O)C2(F)CC2)[C@@H]1Cc1cccc(Br)c1F. The highest BCUT2D eigenvalue weighted by Gasteiger charge is 2.51. The Labute approximate surface area is 181 Å². The third-order valence-corrected chi connectivity index (χ3v) is 7.30. The van der Waals surface area contributed by atoms with Crippen molar-refractivity contribution in [3.63, 3.8) is 0 Å². The number of alkyl halides is 1. The highest BCUT2D eigenvalue weighted by molar-refractivity contribution is 9.10. The highest BCUT2D eigenvalue weighted by Crippen LogP contribution is 2.42. The van der Waals surface area contributed by atoms with Gasteiger partial charge in [-0.3, -0.25) is 0 Å². The monoisotopic (exact) mass is 492 g/mol. The Balaban J connectivity index is 1.86. The van der Waals surface area contributed by atoms with Crippen LogP contribution in [0.1, 0.15) is 52.0 Å². The molecule has 3 atom stereocenters.